The molecule has 1 aromatic carbocycles. The van der Waals surface area contributed by atoms with Crippen LogP contribution in [0, 0.1) is 0 Å². The van der Waals surface area contributed by atoms with Gasteiger partial charge in [0.2, 0.25) is 11.8 Å². The number of urea groups is 1. The van der Waals surface area contributed by atoms with Crippen LogP contribution in [0.4, 0.5) is 10.5 Å². The molecule has 0 aliphatic rings. The Morgan fingerprint density at radius 2 is 1.60 bits per heavy atom. The molecule has 8 heteroatoms. The molecule has 0 bridgehead atoms. The molecular formula is C17H26N4O4. The third-order valence-electron chi connectivity index (χ3n) is 2.94. The van der Waals surface area contributed by atoms with Gasteiger partial charge in [-0.2, -0.15) is 0 Å². The van der Waals surface area contributed by atoms with E-state index < -0.39 is 17.5 Å². The Kier molecular flexibility index (Phi) is 7.38. The molecule has 0 unspecified atom stereocenters. The summed E-state index contributed by atoms with van der Waals surface area (Å²) in [5.41, 5.74) is 0.197. The van der Waals surface area contributed by atoms with Gasteiger partial charge in [0.05, 0.1) is 20.2 Å². The van der Waals surface area contributed by atoms with Crippen LogP contribution in [0.25, 0.3) is 0 Å². The number of imide groups is 1. The van der Waals surface area contributed by atoms with Crippen molar-refractivity contribution in [3.05, 3.63) is 24.3 Å². The summed E-state index contributed by atoms with van der Waals surface area (Å²) >= 11 is 0. The van der Waals surface area contributed by atoms with E-state index in [-0.39, 0.29) is 19.0 Å². The highest BCUT2D eigenvalue weighted by atomic mass is 16.5. The normalized spacial score (nSPS) is 11.0. The highest BCUT2D eigenvalue weighted by Crippen LogP contribution is 2.14. The predicted molar refractivity (Wildman–Crippen MR) is 95.5 cm³/mol. The average Bonchev–Trinajstić information content (AvgIpc) is 2.45. The molecule has 0 saturated heterocycles. The average molecular weight is 350 g/mol. The summed E-state index contributed by atoms with van der Waals surface area (Å²) in [5, 5.41) is 7.58. The van der Waals surface area contributed by atoms with Crippen molar-refractivity contribution < 1.29 is 19.1 Å². The first-order valence-corrected chi connectivity index (χ1v) is 7.83. The third-order valence-corrected chi connectivity index (χ3v) is 2.94. The molecule has 0 saturated carbocycles. The second-order valence-electron chi connectivity index (χ2n) is 6.70. The van der Waals surface area contributed by atoms with Crippen LogP contribution in [-0.2, 0) is 9.59 Å². The molecule has 0 aliphatic heterocycles. The van der Waals surface area contributed by atoms with Crippen molar-refractivity contribution in [2.24, 2.45) is 0 Å². The van der Waals surface area contributed by atoms with Crippen LogP contribution in [0.1, 0.15) is 20.8 Å². The Labute approximate surface area is 147 Å². The van der Waals surface area contributed by atoms with Gasteiger partial charge in [0, 0.05) is 11.2 Å². The standard InChI is InChI=1S/C17H26N4O4/c1-17(2,3)20-16(24)19-15(23)11-21(4)10-14(22)18-12-6-8-13(25-5)9-7-12/h6-9H,10-11H2,1-5H3,(H,18,22)(H2,19,20,23,24). The first kappa shape index (κ1) is 20.4. The molecular weight excluding hydrogens is 324 g/mol. The van der Waals surface area contributed by atoms with E-state index in [0.29, 0.717) is 11.4 Å². The number of carbonyl (C=O) groups is 3. The van der Waals surface area contributed by atoms with Crippen molar-refractivity contribution in [3.8, 4) is 5.75 Å². The lowest BCUT2D eigenvalue weighted by molar-refractivity contribution is -0.122. The summed E-state index contributed by atoms with van der Waals surface area (Å²) < 4.78 is 5.05. The minimum Gasteiger partial charge on any atom is -0.497 e. The number of rotatable bonds is 6. The quantitative estimate of drug-likeness (QED) is 0.716. The van der Waals surface area contributed by atoms with Gasteiger partial charge in [-0.05, 0) is 52.1 Å². The molecule has 0 heterocycles. The lowest BCUT2D eigenvalue weighted by atomic mass is 10.1. The fraction of sp³-hybridized carbons (Fsp3) is 0.471. The van der Waals surface area contributed by atoms with Crippen LogP contribution in [0.2, 0.25) is 0 Å². The van der Waals surface area contributed by atoms with Gasteiger partial charge in [0.15, 0.2) is 0 Å². The molecule has 0 spiro atoms. The predicted octanol–water partition coefficient (Wildman–Crippen LogP) is 1.19. The zero-order valence-electron chi connectivity index (χ0n) is 15.3. The number of methoxy groups -OCH3 is 1. The summed E-state index contributed by atoms with van der Waals surface area (Å²) in [5.74, 6) is -0.0542. The van der Waals surface area contributed by atoms with Crippen LogP contribution in [-0.4, -0.2) is 55.5 Å². The third kappa shape index (κ3) is 8.71. The zero-order valence-corrected chi connectivity index (χ0v) is 15.3. The Morgan fingerprint density at radius 3 is 2.12 bits per heavy atom. The molecule has 8 nitrogen and oxygen atoms in total. The monoisotopic (exact) mass is 350 g/mol. The second kappa shape index (κ2) is 9.03. The molecule has 1 aromatic rings. The van der Waals surface area contributed by atoms with Crippen molar-refractivity contribution in [2.45, 2.75) is 26.3 Å². The highest BCUT2D eigenvalue weighted by molar-refractivity contribution is 5.96. The molecule has 25 heavy (non-hydrogen) atoms. The van der Waals surface area contributed by atoms with Crippen molar-refractivity contribution >= 4 is 23.5 Å². The molecule has 4 amide bonds. The van der Waals surface area contributed by atoms with Crippen LogP contribution in [0.5, 0.6) is 5.75 Å². The van der Waals surface area contributed by atoms with Crippen molar-refractivity contribution in [2.75, 3.05) is 32.6 Å². The molecule has 0 radical (unpaired) electrons. The van der Waals surface area contributed by atoms with Gasteiger partial charge in [0.25, 0.3) is 0 Å². The topological polar surface area (TPSA) is 99.8 Å². The maximum Gasteiger partial charge on any atom is 0.321 e. The Bertz CT molecular complexity index is 608. The van der Waals surface area contributed by atoms with Gasteiger partial charge in [-0.1, -0.05) is 0 Å². The minimum absolute atomic E-state index is 0.0142. The lowest BCUT2D eigenvalue weighted by Gasteiger charge is -2.21. The second-order valence-corrected chi connectivity index (χ2v) is 6.70. The number of nitrogens with zero attached hydrogens (tertiary/aromatic N) is 1. The first-order valence-electron chi connectivity index (χ1n) is 7.83. The number of hydrogen-bond donors (Lipinski definition) is 3. The zero-order chi connectivity index (χ0) is 19.0. The van der Waals surface area contributed by atoms with Gasteiger partial charge in [-0.15, -0.1) is 0 Å². The Balaban J connectivity index is 2.39. The van der Waals surface area contributed by atoms with E-state index in [1.54, 1.807) is 38.4 Å². The molecule has 0 aliphatic carbocycles. The lowest BCUT2D eigenvalue weighted by Crippen LogP contribution is -2.50. The van der Waals surface area contributed by atoms with Crippen LogP contribution < -0.4 is 20.7 Å². The number of hydrogen-bond acceptors (Lipinski definition) is 5. The number of carbonyl (C=O) groups excluding carboxylic acids is 3. The fourth-order valence-corrected chi connectivity index (χ4v) is 1.96. The number of ether oxygens (including phenoxy) is 1. The number of benzene rings is 1. The highest BCUT2D eigenvalue weighted by Gasteiger charge is 2.17. The molecule has 0 atom stereocenters. The van der Waals surface area contributed by atoms with Gasteiger partial charge in [0.1, 0.15) is 5.75 Å². The Morgan fingerprint density at radius 1 is 1.04 bits per heavy atom. The maximum atomic E-state index is 12.0. The van der Waals surface area contributed by atoms with Crippen LogP contribution >= 0.6 is 0 Å². The SMILES string of the molecule is COc1ccc(NC(=O)CN(C)CC(=O)NC(=O)NC(C)(C)C)cc1. The minimum atomic E-state index is -0.561. The number of nitrogens with one attached hydrogen (secondary N) is 3. The van der Waals surface area contributed by atoms with E-state index in [4.69, 9.17) is 4.74 Å². The van der Waals surface area contributed by atoms with E-state index >= 15 is 0 Å². The van der Waals surface area contributed by atoms with Gasteiger partial charge in [-0.25, -0.2) is 4.79 Å². The van der Waals surface area contributed by atoms with E-state index in [0.717, 1.165) is 0 Å². The number of amides is 4. The largest absolute Gasteiger partial charge is 0.497 e. The maximum absolute atomic E-state index is 12.0. The summed E-state index contributed by atoms with van der Waals surface area (Å²) in [7, 11) is 3.18. The van der Waals surface area contributed by atoms with E-state index in [2.05, 4.69) is 16.0 Å². The van der Waals surface area contributed by atoms with Gasteiger partial charge in [-0.3, -0.25) is 19.8 Å². The fourth-order valence-electron chi connectivity index (χ4n) is 1.96. The smallest absolute Gasteiger partial charge is 0.321 e. The van der Waals surface area contributed by atoms with Crippen LogP contribution in [0.3, 0.4) is 0 Å². The first-order chi connectivity index (χ1) is 11.6. The molecule has 138 valence electrons. The van der Waals surface area contributed by atoms with Crippen molar-refractivity contribution in [1.29, 1.82) is 0 Å². The molecule has 3 N–H and O–H groups in total. The number of anilines is 1. The molecule has 0 aromatic heterocycles. The van der Waals surface area contributed by atoms with Crippen LogP contribution in [0.15, 0.2) is 24.3 Å². The summed E-state index contributed by atoms with van der Waals surface area (Å²) in [6.45, 7) is 5.37. The van der Waals surface area contributed by atoms with Crippen molar-refractivity contribution in [1.82, 2.24) is 15.5 Å². The van der Waals surface area contributed by atoms with Gasteiger partial charge < -0.3 is 15.4 Å². The summed E-state index contributed by atoms with van der Waals surface area (Å²) in [4.78, 5) is 36.9. The van der Waals surface area contributed by atoms with Gasteiger partial charge >= 0.3 is 6.03 Å². The van der Waals surface area contributed by atoms with E-state index in [1.807, 2.05) is 20.8 Å². The van der Waals surface area contributed by atoms with E-state index in [9.17, 15) is 14.4 Å². The summed E-state index contributed by atoms with van der Waals surface area (Å²) in [6, 6.07) is 6.36. The Hall–Kier alpha value is -2.61. The molecule has 0 fully saturated rings. The van der Waals surface area contributed by atoms with Crippen molar-refractivity contribution in [3.63, 3.8) is 0 Å². The number of likely N-dealkylation sites (N-methyl/N-ethyl adjacent to an activating group) is 1. The molecule has 1 rings (SSSR count). The summed E-state index contributed by atoms with van der Waals surface area (Å²) in [6.07, 6.45) is 0. The van der Waals surface area contributed by atoms with E-state index in [1.165, 1.54) is 4.90 Å².